The van der Waals surface area contributed by atoms with Gasteiger partial charge in [0.05, 0.1) is 11.2 Å². The molecule has 3 atom stereocenters. The van der Waals surface area contributed by atoms with Gasteiger partial charge in [0.25, 0.3) is 0 Å². The van der Waals surface area contributed by atoms with Crippen LogP contribution in [0.15, 0.2) is 54.6 Å². The minimum atomic E-state index is -2.27. The van der Waals surface area contributed by atoms with Gasteiger partial charge < -0.3 is 35.2 Å². The van der Waals surface area contributed by atoms with Crippen LogP contribution in [0.3, 0.4) is 0 Å². The molecule has 1 saturated carbocycles. The molecule has 0 radical (unpaired) electrons. The molecule has 37 heavy (non-hydrogen) atoms. The molecule has 3 unspecified atom stereocenters. The molecular formula is C27H35NO9. The SMILES string of the molecule is CN(C)CC(c1ccc(OC(=O)c2ccccc2)cc1)C1(O)CCCCC1.O=C(O)C(O)C(O)C(=O)O. The van der Waals surface area contributed by atoms with E-state index >= 15 is 0 Å². The molecule has 0 aromatic heterocycles. The molecule has 1 aliphatic carbocycles. The van der Waals surface area contributed by atoms with Crippen molar-refractivity contribution in [2.24, 2.45) is 0 Å². The number of nitrogens with zero attached hydrogens (tertiary/aromatic N) is 1. The third-order valence-electron chi connectivity index (χ3n) is 6.22. The molecule has 1 aliphatic rings. The fourth-order valence-electron chi connectivity index (χ4n) is 4.24. The molecule has 0 aliphatic heterocycles. The summed E-state index contributed by atoms with van der Waals surface area (Å²) in [4.78, 5) is 33.9. The lowest BCUT2D eigenvalue weighted by atomic mass is 9.72. The maximum atomic E-state index is 12.2. The summed E-state index contributed by atoms with van der Waals surface area (Å²) in [7, 11) is 4.07. The van der Waals surface area contributed by atoms with Crippen molar-refractivity contribution in [3.8, 4) is 5.75 Å². The average molecular weight is 518 g/mol. The maximum absolute atomic E-state index is 12.2. The van der Waals surface area contributed by atoms with Gasteiger partial charge in [-0.2, -0.15) is 0 Å². The van der Waals surface area contributed by atoms with Gasteiger partial charge in [-0.1, -0.05) is 49.6 Å². The van der Waals surface area contributed by atoms with Crippen LogP contribution in [0.5, 0.6) is 5.75 Å². The van der Waals surface area contributed by atoms with E-state index in [4.69, 9.17) is 25.2 Å². The van der Waals surface area contributed by atoms with Crippen molar-refractivity contribution in [1.29, 1.82) is 0 Å². The Morgan fingerprint density at radius 2 is 1.38 bits per heavy atom. The van der Waals surface area contributed by atoms with Gasteiger partial charge >= 0.3 is 17.9 Å². The summed E-state index contributed by atoms with van der Waals surface area (Å²) >= 11 is 0. The number of carbonyl (C=O) groups excluding carboxylic acids is 1. The predicted molar refractivity (Wildman–Crippen MR) is 134 cm³/mol. The molecular weight excluding hydrogens is 482 g/mol. The number of aliphatic hydroxyl groups is 3. The van der Waals surface area contributed by atoms with Gasteiger partial charge in [0.2, 0.25) is 0 Å². The van der Waals surface area contributed by atoms with E-state index in [1.807, 2.05) is 56.6 Å². The molecule has 0 bridgehead atoms. The Bertz CT molecular complexity index is 1000. The Morgan fingerprint density at radius 1 is 0.865 bits per heavy atom. The van der Waals surface area contributed by atoms with Crippen molar-refractivity contribution in [2.75, 3.05) is 20.6 Å². The summed E-state index contributed by atoms with van der Waals surface area (Å²) < 4.78 is 5.48. The number of hydrogen-bond donors (Lipinski definition) is 5. The Kier molecular flexibility index (Phi) is 11.2. The van der Waals surface area contributed by atoms with E-state index in [9.17, 15) is 19.5 Å². The zero-order valence-electron chi connectivity index (χ0n) is 21.0. The molecule has 0 amide bonds. The van der Waals surface area contributed by atoms with Crippen molar-refractivity contribution in [1.82, 2.24) is 4.90 Å². The second-order valence-corrected chi connectivity index (χ2v) is 9.37. The number of ether oxygens (including phenoxy) is 1. The number of hydrogen-bond acceptors (Lipinski definition) is 8. The highest BCUT2D eigenvalue weighted by Crippen LogP contribution is 2.40. The molecule has 0 heterocycles. The molecule has 10 heteroatoms. The first-order valence-electron chi connectivity index (χ1n) is 12.0. The number of benzene rings is 2. The summed E-state index contributed by atoms with van der Waals surface area (Å²) in [5.74, 6) is -3.33. The van der Waals surface area contributed by atoms with Gasteiger partial charge in [0, 0.05) is 12.5 Å². The van der Waals surface area contributed by atoms with Crippen LogP contribution in [0, 0.1) is 0 Å². The number of esters is 1. The first kappa shape index (κ1) is 29.9. The lowest BCUT2D eigenvalue weighted by Gasteiger charge is -2.40. The largest absolute Gasteiger partial charge is 0.479 e. The Labute approximate surface area is 215 Å². The van der Waals surface area contributed by atoms with Crippen LogP contribution in [0.25, 0.3) is 0 Å². The Morgan fingerprint density at radius 3 is 1.84 bits per heavy atom. The third-order valence-corrected chi connectivity index (χ3v) is 6.22. The van der Waals surface area contributed by atoms with Gasteiger partial charge in [-0.3, -0.25) is 0 Å². The van der Waals surface area contributed by atoms with Crippen molar-refractivity contribution in [3.63, 3.8) is 0 Å². The van der Waals surface area contributed by atoms with E-state index in [1.165, 1.54) is 6.42 Å². The smallest absolute Gasteiger partial charge is 0.343 e. The first-order valence-corrected chi connectivity index (χ1v) is 12.0. The second-order valence-electron chi connectivity index (χ2n) is 9.37. The van der Waals surface area contributed by atoms with E-state index in [1.54, 1.807) is 12.1 Å². The Hall–Kier alpha value is -3.31. The molecule has 5 N–H and O–H groups in total. The van der Waals surface area contributed by atoms with Gasteiger partial charge in [-0.05, 0) is 56.8 Å². The van der Waals surface area contributed by atoms with Crippen LogP contribution in [0.2, 0.25) is 0 Å². The summed E-state index contributed by atoms with van der Waals surface area (Å²) in [5.41, 5.74) is 0.960. The fourth-order valence-corrected chi connectivity index (χ4v) is 4.24. The van der Waals surface area contributed by atoms with Crippen LogP contribution in [-0.2, 0) is 9.59 Å². The van der Waals surface area contributed by atoms with Gasteiger partial charge in [0.15, 0.2) is 12.2 Å². The molecule has 0 spiro atoms. The van der Waals surface area contributed by atoms with E-state index in [2.05, 4.69) is 4.90 Å². The van der Waals surface area contributed by atoms with Crippen LogP contribution in [0.1, 0.15) is 53.9 Å². The van der Waals surface area contributed by atoms with Crippen LogP contribution in [-0.4, -0.2) is 86.8 Å². The quantitative estimate of drug-likeness (QED) is 0.246. The fraction of sp³-hybridized carbons (Fsp3) is 0.444. The first-order chi connectivity index (χ1) is 17.4. The van der Waals surface area contributed by atoms with Crippen LogP contribution in [0.4, 0.5) is 0 Å². The number of aliphatic hydroxyl groups excluding tert-OH is 2. The highest BCUT2D eigenvalue weighted by Gasteiger charge is 2.38. The summed E-state index contributed by atoms with van der Waals surface area (Å²) in [6.07, 6.45) is 0.508. The molecule has 202 valence electrons. The molecule has 3 rings (SSSR count). The van der Waals surface area contributed by atoms with Crippen LogP contribution >= 0.6 is 0 Å². The number of carboxylic acids is 2. The minimum Gasteiger partial charge on any atom is -0.479 e. The Balaban J connectivity index is 0.000000410. The van der Waals surface area contributed by atoms with Crippen molar-refractivity contribution in [3.05, 3.63) is 65.7 Å². The third kappa shape index (κ3) is 8.94. The van der Waals surface area contributed by atoms with Gasteiger partial charge in [0.1, 0.15) is 5.75 Å². The maximum Gasteiger partial charge on any atom is 0.343 e. The standard InChI is InChI=1S/C23H29NO3.C4H6O6/c1-24(2)17-21(23(26)15-7-4-8-16-23)18-11-13-20(14-12-18)27-22(25)19-9-5-3-6-10-19;5-1(3(7)8)2(6)4(9)10/h3,5-6,9-14,21,26H,4,7-8,15-17H2,1-2H3;1-2,5-6H,(H,7,8)(H,9,10). The number of carbonyl (C=O) groups is 3. The van der Waals surface area contributed by atoms with Crippen molar-refractivity contribution in [2.45, 2.75) is 55.8 Å². The molecule has 2 aromatic rings. The number of likely N-dealkylation sites (N-methyl/N-ethyl adjacent to an activating group) is 1. The lowest BCUT2D eigenvalue weighted by Crippen LogP contribution is -2.42. The highest BCUT2D eigenvalue weighted by molar-refractivity contribution is 5.90. The van der Waals surface area contributed by atoms with E-state index in [0.717, 1.165) is 37.8 Å². The van der Waals surface area contributed by atoms with Crippen LogP contribution < -0.4 is 4.74 Å². The normalized spacial score (nSPS) is 17.0. The van der Waals surface area contributed by atoms with E-state index in [0.29, 0.717) is 11.3 Å². The number of rotatable bonds is 9. The van der Waals surface area contributed by atoms with E-state index < -0.39 is 29.7 Å². The lowest BCUT2D eigenvalue weighted by molar-refractivity contribution is -0.165. The zero-order valence-corrected chi connectivity index (χ0v) is 21.0. The van der Waals surface area contributed by atoms with Crippen molar-refractivity contribution >= 4 is 17.9 Å². The number of carboxylic acid groups (broad SMARTS) is 2. The summed E-state index contributed by atoms with van der Waals surface area (Å²) in [6.45, 7) is 0.791. The number of aliphatic carboxylic acids is 2. The van der Waals surface area contributed by atoms with Crippen molar-refractivity contribution < 1.29 is 44.7 Å². The van der Waals surface area contributed by atoms with Gasteiger partial charge in [-0.25, -0.2) is 14.4 Å². The average Bonchev–Trinajstić information content (AvgIpc) is 2.88. The second kappa shape index (κ2) is 13.8. The molecule has 10 nitrogen and oxygen atoms in total. The molecule has 0 saturated heterocycles. The predicted octanol–water partition coefficient (Wildman–Crippen LogP) is 2.12. The molecule has 1 fully saturated rings. The van der Waals surface area contributed by atoms with Gasteiger partial charge in [-0.15, -0.1) is 0 Å². The minimum absolute atomic E-state index is 0.0478. The molecule has 2 aromatic carbocycles. The summed E-state index contributed by atoms with van der Waals surface area (Å²) in [6, 6.07) is 16.6. The monoisotopic (exact) mass is 517 g/mol. The van der Waals surface area contributed by atoms with E-state index in [-0.39, 0.29) is 11.9 Å². The summed E-state index contributed by atoms with van der Waals surface area (Å²) in [5, 5.41) is 43.8. The highest BCUT2D eigenvalue weighted by atomic mass is 16.5. The zero-order chi connectivity index (χ0) is 27.6. The topological polar surface area (TPSA) is 165 Å².